The van der Waals surface area contributed by atoms with Gasteiger partial charge in [-0.25, -0.2) is 0 Å². The third kappa shape index (κ3) is 9.79. The van der Waals surface area contributed by atoms with E-state index in [1.165, 1.54) is 11.1 Å². The molecule has 3 heteroatoms. The summed E-state index contributed by atoms with van der Waals surface area (Å²) in [4.78, 5) is 13.9. The van der Waals surface area contributed by atoms with E-state index in [2.05, 4.69) is 32.9 Å². The van der Waals surface area contributed by atoms with Crippen LogP contribution in [0.1, 0.15) is 47.0 Å². The second kappa shape index (κ2) is 10.7. The van der Waals surface area contributed by atoms with Gasteiger partial charge in [-0.05, 0) is 61.1 Å². The summed E-state index contributed by atoms with van der Waals surface area (Å²) in [6.07, 6.45) is 7.33. The molecule has 0 aromatic carbocycles. The minimum absolute atomic E-state index is 0.0663. The van der Waals surface area contributed by atoms with Gasteiger partial charge < -0.3 is 9.64 Å². The molecule has 3 nitrogen and oxygen atoms in total. The Balaban J connectivity index is 4.41. The molecule has 0 aromatic rings. The lowest BCUT2D eigenvalue weighted by molar-refractivity contribution is -0.148. The average Bonchev–Trinajstić information content (AvgIpc) is 2.33. The van der Waals surface area contributed by atoms with Gasteiger partial charge in [0.15, 0.2) is 0 Å². The first-order valence-electron chi connectivity index (χ1n) is 7.47. The molecule has 0 radical (unpaired) electrons. The van der Waals surface area contributed by atoms with Gasteiger partial charge in [0.1, 0.15) is 0 Å². The highest BCUT2D eigenvalue weighted by molar-refractivity contribution is 5.72. The number of allylic oxidation sites excluding steroid dienone is 4. The molecule has 0 aliphatic carbocycles. The van der Waals surface area contributed by atoms with Crippen LogP contribution in [0.2, 0.25) is 0 Å². The van der Waals surface area contributed by atoms with Crippen molar-refractivity contribution >= 4 is 5.97 Å². The monoisotopic (exact) mass is 281 g/mol. The summed E-state index contributed by atoms with van der Waals surface area (Å²) in [5.41, 5.74) is 2.70. The Labute approximate surface area is 124 Å². The maximum absolute atomic E-state index is 11.9. The molecule has 0 spiro atoms. The Morgan fingerprint density at radius 3 is 2.35 bits per heavy atom. The van der Waals surface area contributed by atoms with Crippen LogP contribution < -0.4 is 0 Å². The lowest BCUT2D eigenvalue weighted by Crippen LogP contribution is -2.29. The van der Waals surface area contributed by atoms with Crippen LogP contribution in [0, 0.1) is 5.92 Å². The Morgan fingerprint density at radius 1 is 1.20 bits per heavy atom. The van der Waals surface area contributed by atoms with Gasteiger partial charge in [-0.3, -0.25) is 4.79 Å². The van der Waals surface area contributed by atoms with E-state index in [-0.39, 0.29) is 11.9 Å². The zero-order valence-electron chi connectivity index (χ0n) is 14.0. The van der Waals surface area contributed by atoms with Crippen LogP contribution in [0.5, 0.6) is 0 Å². The molecule has 0 rings (SSSR count). The second-order valence-electron chi connectivity index (χ2n) is 5.82. The van der Waals surface area contributed by atoms with Gasteiger partial charge in [0.2, 0.25) is 0 Å². The van der Waals surface area contributed by atoms with Crippen LogP contribution in [0.25, 0.3) is 0 Å². The number of rotatable bonds is 9. The van der Waals surface area contributed by atoms with Crippen molar-refractivity contribution < 1.29 is 9.53 Å². The zero-order chi connectivity index (χ0) is 15.5. The Kier molecular flexibility index (Phi) is 10.1. The first-order chi connectivity index (χ1) is 9.36. The third-order valence-corrected chi connectivity index (χ3v) is 3.05. The fraction of sp³-hybridized carbons (Fsp3) is 0.706. The van der Waals surface area contributed by atoms with E-state index in [0.29, 0.717) is 6.61 Å². The standard InChI is InChI=1S/C17H31NO2/c1-7-20-17(19)16(13-18(5)6)12-11-15(4)10-8-9-14(2)3/h9,11,16H,7-8,10,12-13H2,1-6H3/b15-11+. The number of esters is 1. The molecule has 116 valence electrons. The van der Waals surface area contributed by atoms with Crippen molar-refractivity contribution in [1.82, 2.24) is 4.90 Å². The molecule has 0 aliphatic heterocycles. The van der Waals surface area contributed by atoms with Crippen molar-refractivity contribution in [2.24, 2.45) is 5.92 Å². The molecule has 0 fully saturated rings. The molecule has 0 saturated carbocycles. The van der Waals surface area contributed by atoms with Gasteiger partial charge >= 0.3 is 5.97 Å². The maximum atomic E-state index is 11.9. The van der Waals surface area contributed by atoms with Crippen LogP contribution in [-0.4, -0.2) is 38.1 Å². The number of carbonyl (C=O) groups is 1. The summed E-state index contributed by atoms with van der Waals surface area (Å²) in [6, 6.07) is 0. The molecule has 0 amide bonds. The molecular weight excluding hydrogens is 250 g/mol. The summed E-state index contributed by atoms with van der Waals surface area (Å²) in [7, 11) is 3.97. The fourth-order valence-electron chi connectivity index (χ4n) is 1.98. The van der Waals surface area contributed by atoms with Crippen molar-refractivity contribution in [2.75, 3.05) is 27.2 Å². The van der Waals surface area contributed by atoms with Gasteiger partial charge in [0, 0.05) is 6.54 Å². The van der Waals surface area contributed by atoms with E-state index in [1.54, 1.807) is 0 Å². The largest absolute Gasteiger partial charge is 0.466 e. The predicted molar refractivity (Wildman–Crippen MR) is 85.7 cm³/mol. The van der Waals surface area contributed by atoms with Crippen molar-refractivity contribution in [3.63, 3.8) is 0 Å². The number of carbonyl (C=O) groups excluding carboxylic acids is 1. The summed E-state index contributed by atoms with van der Waals surface area (Å²) in [5, 5.41) is 0. The molecule has 0 bridgehead atoms. The SMILES string of the molecule is CCOC(=O)C(C/C=C(\C)CCC=C(C)C)CN(C)C. The summed E-state index contributed by atoms with van der Waals surface area (Å²) in [6.45, 7) is 9.41. The number of nitrogens with zero attached hydrogens (tertiary/aromatic N) is 1. The van der Waals surface area contributed by atoms with Crippen molar-refractivity contribution in [1.29, 1.82) is 0 Å². The minimum Gasteiger partial charge on any atom is -0.466 e. The Hall–Kier alpha value is -1.09. The van der Waals surface area contributed by atoms with Crippen molar-refractivity contribution in [3.05, 3.63) is 23.3 Å². The smallest absolute Gasteiger partial charge is 0.310 e. The quantitative estimate of drug-likeness (QED) is 0.475. The number of ether oxygens (including phenoxy) is 1. The molecule has 1 atom stereocenters. The highest BCUT2D eigenvalue weighted by Crippen LogP contribution is 2.13. The van der Waals surface area contributed by atoms with E-state index in [9.17, 15) is 4.79 Å². The summed E-state index contributed by atoms with van der Waals surface area (Å²) < 4.78 is 5.15. The van der Waals surface area contributed by atoms with Crippen molar-refractivity contribution in [3.8, 4) is 0 Å². The topological polar surface area (TPSA) is 29.5 Å². The fourth-order valence-corrected chi connectivity index (χ4v) is 1.98. The van der Waals surface area contributed by atoms with E-state index < -0.39 is 0 Å². The normalized spacial score (nSPS) is 13.2. The molecule has 20 heavy (non-hydrogen) atoms. The van der Waals surface area contributed by atoms with Gasteiger partial charge in [0.25, 0.3) is 0 Å². The summed E-state index contributed by atoms with van der Waals surface area (Å²) >= 11 is 0. The van der Waals surface area contributed by atoms with Crippen LogP contribution in [0.4, 0.5) is 0 Å². The Morgan fingerprint density at radius 2 is 1.85 bits per heavy atom. The van der Waals surface area contributed by atoms with E-state index in [4.69, 9.17) is 4.74 Å². The molecular formula is C17H31NO2. The van der Waals surface area contributed by atoms with Gasteiger partial charge in [-0.1, -0.05) is 23.3 Å². The van der Waals surface area contributed by atoms with Crippen LogP contribution in [-0.2, 0) is 9.53 Å². The molecule has 1 unspecified atom stereocenters. The highest BCUT2D eigenvalue weighted by atomic mass is 16.5. The average molecular weight is 281 g/mol. The molecule has 0 heterocycles. The first kappa shape index (κ1) is 18.9. The number of hydrogen-bond acceptors (Lipinski definition) is 3. The van der Waals surface area contributed by atoms with E-state index in [0.717, 1.165) is 25.8 Å². The van der Waals surface area contributed by atoms with Gasteiger partial charge in [0.05, 0.1) is 12.5 Å². The lowest BCUT2D eigenvalue weighted by atomic mass is 10.0. The summed E-state index contributed by atoms with van der Waals surface area (Å²) in [5.74, 6) is -0.155. The molecule has 0 aliphatic rings. The van der Waals surface area contributed by atoms with E-state index >= 15 is 0 Å². The second-order valence-corrected chi connectivity index (χ2v) is 5.82. The predicted octanol–water partition coefficient (Wildman–Crippen LogP) is 3.81. The maximum Gasteiger partial charge on any atom is 0.310 e. The Bertz CT molecular complexity index is 339. The third-order valence-electron chi connectivity index (χ3n) is 3.05. The van der Waals surface area contributed by atoms with E-state index in [1.807, 2.05) is 25.9 Å². The first-order valence-corrected chi connectivity index (χ1v) is 7.47. The van der Waals surface area contributed by atoms with Crippen LogP contribution >= 0.6 is 0 Å². The highest BCUT2D eigenvalue weighted by Gasteiger charge is 2.19. The lowest BCUT2D eigenvalue weighted by Gasteiger charge is -2.18. The van der Waals surface area contributed by atoms with Crippen LogP contribution in [0.3, 0.4) is 0 Å². The number of hydrogen-bond donors (Lipinski definition) is 0. The minimum atomic E-state index is -0.0884. The van der Waals surface area contributed by atoms with Gasteiger partial charge in [-0.15, -0.1) is 0 Å². The molecule has 0 saturated heterocycles. The molecule has 0 aromatic heterocycles. The van der Waals surface area contributed by atoms with Crippen molar-refractivity contribution in [2.45, 2.75) is 47.0 Å². The zero-order valence-corrected chi connectivity index (χ0v) is 14.0. The van der Waals surface area contributed by atoms with Gasteiger partial charge in [-0.2, -0.15) is 0 Å². The molecule has 0 N–H and O–H groups in total. The van der Waals surface area contributed by atoms with Crippen LogP contribution in [0.15, 0.2) is 23.3 Å².